The van der Waals surface area contributed by atoms with Crippen LogP contribution >= 0.6 is 12.2 Å². The second-order valence-corrected chi connectivity index (χ2v) is 1.66. The van der Waals surface area contributed by atoms with Crippen LogP contribution in [0.25, 0.3) is 0 Å². The first-order chi connectivity index (χ1) is 5.17. The van der Waals surface area contributed by atoms with Crippen LogP contribution in [0.3, 0.4) is 0 Å². The zero-order chi connectivity index (χ0) is 8.85. The zero-order valence-electron chi connectivity index (χ0n) is 6.04. The zero-order valence-corrected chi connectivity index (χ0v) is 6.86. The van der Waals surface area contributed by atoms with Crippen LogP contribution in [-0.4, -0.2) is 31.2 Å². The van der Waals surface area contributed by atoms with E-state index in [9.17, 15) is 9.59 Å². The van der Waals surface area contributed by atoms with Crippen LogP contribution in [0.2, 0.25) is 0 Å². The van der Waals surface area contributed by atoms with Crippen molar-refractivity contribution in [1.29, 1.82) is 0 Å². The van der Waals surface area contributed by atoms with Crippen LogP contribution < -0.4 is 0 Å². The molecular formula is C6H6O4S. The van der Waals surface area contributed by atoms with E-state index in [1.54, 1.807) is 0 Å². The van der Waals surface area contributed by atoms with E-state index in [0.29, 0.717) is 0 Å². The van der Waals surface area contributed by atoms with E-state index in [1.165, 1.54) is 0 Å². The average molecular weight is 174 g/mol. The van der Waals surface area contributed by atoms with Gasteiger partial charge in [-0.2, -0.15) is 0 Å². The molecule has 0 N–H and O–H groups in total. The molecule has 0 aromatic rings. The maximum Gasteiger partial charge on any atom is 0.354 e. The van der Waals surface area contributed by atoms with Gasteiger partial charge in [-0.3, -0.25) is 0 Å². The summed E-state index contributed by atoms with van der Waals surface area (Å²) < 4.78 is 8.44. The van der Waals surface area contributed by atoms with Gasteiger partial charge in [0.15, 0.2) is 5.57 Å². The Morgan fingerprint density at radius 2 is 1.55 bits per heavy atom. The number of rotatable bonds is 2. The summed E-state index contributed by atoms with van der Waals surface area (Å²) in [5.41, 5.74) is -0.398. The summed E-state index contributed by atoms with van der Waals surface area (Å²) in [6, 6.07) is 0. The Labute approximate surface area is 68.8 Å². The molecule has 0 amide bonds. The number of carbonyl (C=O) groups is 2. The monoisotopic (exact) mass is 174 g/mol. The van der Waals surface area contributed by atoms with Gasteiger partial charge in [-0.1, -0.05) is 0 Å². The summed E-state index contributed by atoms with van der Waals surface area (Å²) >= 11 is 4.27. The van der Waals surface area contributed by atoms with Crippen molar-refractivity contribution in [1.82, 2.24) is 0 Å². The van der Waals surface area contributed by atoms with Crippen molar-refractivity contribution in [2.24, 2.45) is 0 Å². The Morgan fingerprint density at radius 1 is 1.18 bits per heavy atom. The van der Waals surface area contributed by atoms with Crippen LogP contribution in [0, 0.1) is 0 Å². The fourth-order valence-corrected chi connectivity index (χ4v) is 0.537. The predicted molar refractivity (Wildman–Crippen MR) is 40.1 cm³/mol. The smallest absolute Gasteiger partial charge is 0.354 e. The number of hydrogen-bond acceptors (Lipinski definition) is 5. The lowest BCUT2D eigenvalue weighted by molar-refractivity contribution is -0.143. The first-order valence-electron chi connectivity index (χ1n) is 2.59. The topological polar surface area (TPSA) is 52.6 Å². The van der Waals surface area contributed by atoms with Gasteiger partial charge in [0.2, 0.25) is 0 Å². The van der Waals surface area contributed by atoms with Gasteiger partial charge in [0.25, 0.3) is 0 Å². The maximum atomic E-state index is 10.7. The number of methoxy groups -OCH3 is 2. The van der Waals surface area contributed by atoms with Gasteiger partial charge in [0.1, 0.15) is 0 Å². The lowest BCUT2D eigenvalue weighted by atomic mass is 10.3. The van der Waals surface area contributed by atoms with Crippen molar-refractivity contribution in [2.75, 3.05) is 14.2 Å². The molecular weight excluding hydrogens is 168 g/mol. The molecule has 11 heavy (non-hydrogen) atoms. The van der Waals surface area contributed by atoms with Gasteiger partial charge in [0.05, 0.1) is 14.2 Å². The Morgan fingerprint density at radius 3 is 1.73 bits per heavy atom. The molecule has 4 nitrogen and oxygen atoms in total. The quantitative estimate of drug-likeness (QED) is 0.192. The Balaban J connectivity index is 4.57. The molecule has 0 heterocycles. The van der Waals surface area contributed by atoms with Gasteiger partial charge < -0.3 is 9.47 Å². The molecule has 0 atom stereocenters. The molecule has 0 saturated heterocycles. The van der Waals surface area contributed by atoms with Crippen molar-refractivity contribution in [3.8, 4) is 0 Å². The predicted octanol–water partition coefficient (Wildman–Crippen LogP) is -0.143. The van der Waals surface area contributed by atoms with Crippen molar-refractivity contribution < 1.29 is 19.1 Å². The molecule has 60 valence electrons. The Bertz CT molecular complexity index is 209. The van der Waals surface area contributed by atoms with Crippen molar-refractivity contribution in [3.05, 3.63) is 5.57 Å². The Hall–Kier alpha value is -1.19. The number of esters is 2. The highest BCUT2D eigenvalue weighted by Crippen LogP contribution is 1.94. The molecule has 0 aliphatic heterocycles. The number of thiocarbonyl (C=S) groups is 1. The maximum absolute atomic E-state index is 10.7. The van der Waals surface area contributed by atoms with E-state index in [4.69, 9.17) is 0 Å². The summed E-state index contributed by atoms with van der Waals surface area (Å²) in [6.45, 7) is 0. The third kappa shape index (κ3) is 2.49. The van der Waals surface area contributed by atoms with E-state index < -0.39 is 17.5 Å². The molecule has 5 heteroatoms. The first kappa shape index (κ1) is 9.81. The van der Waals surface area contributed by atoms with Gasteiger partial charge >= 0.3 is 11.9 Å². The molecule has 0 bridgehead atoms. The summed E-state index contributed by atoms with van der Waals surface area (Å²) in [7, 11) is 2.27. The van der Waals surface area contributed by atoms with E-state index >= 15 is 0 Å². The van der Waals surface area contributed by atoms with Gasteiger partial charge in [-0.05, 0) is 17.2 Å². The van der Waals surface area contributed by atoms with Gasteiger partial charge in [0, 0.05) is 0 Å². The highest BCUT2D eigenvalue weighted by molar-refractivity contribution is 7.78. The summed E-state index contributed by atoms with van der Waals surface area (Å²) in [4.78, 5) is 21.3. The molecule has 0 unspecified atom stereocenters. The standard InChI is InChI=1S/C6H6O4S/c1-9-5(7)4(3-11)6(8)10-2/h1-2H3. The molecule has 0 aliphatic rings. The van der Waals surface area contributed by atoms with Gasteiger partial charge in [-0.25, -0.2) is 9.59 Å². The molecule has 0 aromatic carbocycles. The molecule has 0 radical (unpaired) electrons. The second kappa shape index (κ2) is 4.60. The lowest BCUT2D eigenvalue weighted by Gasteiger charge is -1.97. The van der Waals surface area contributed by atoms with E-state index in [-0.39, 0.29) is 0 Å². The van der Waals surface area contributed by atoms with Crippen LogP contribution in [-0.2, 0) is 19.1 Å². The fraction of sp³-hybridized carbons (Fsp3) is 0.333. The SMILES string of the molecule is COC(=O)C(=C=S)C(=O)OC. The minimum absolute atomic E-state index is 0.398. The highest BCUT2D eigenvalue weighted by Gasteiger charge is 2.18. The third-order valence-electron chi connectivity index (χ3n) is 0.881. The van der Waals surface area contributed by atoms with Crippen LogP contribution in [0.1, 0.15) is 0 Å². The third-order valence-corrected chi connectivity index (χ3v) is 1.09. The normalized spacial score (nSPS) is 7.82. The molecule has 0 rings (SSSR count). The average Bonchev–Trinajstić information content (AvgIpc) is 2.05. The second-order valence-electron chi connectivity index (χ2n) is 1.46. The number of hydrogen-bond donors (Lipinski definition) is 0. The summed E-state index contributed by atoms with van der Waals surface area (Å²) in [5.74, 6) is -1.68. The van der Waals surface area contributed by atoms with Crippen molar-refractivity contribution in [3.63, 3.8) is 0 Å². The minimum atomic E-state index is -0.841. The summed E-state index contributed by atoms with van der Waals surface area (Å²) in [6.07, 6.45) is 0. The molecule has 0 aromatic heterocycles. The first-order valence-corrected chi connectivity index (χ1v) is 3.00. The van der Waals surface area contributed by atoms with E-state index in [2.05, 4.69) is 21.7 Å². The fourth-order valence-electron chi connectivity index (χ4n) is 0.371. The van der Waals surface area contributed by atoms with Crippen molar-refractivity contribution >= 4 is 29.2 Å². The van der Waals surface area contributed by atoms with E-state index in [1.807, 2.05) is 5.02 Å². The van der Waals surface area contributed by atoms with Crippen LogP contribution in [0.15, 0.2) is 5.57 Å². The molecule has 0 saturated carbocycles. The highest BCUT2D eigenvalue weighted by atomic mass is 32.1. The van der Waals surface area contributed by atoms with Crippen LogP contribution in [0.4, 0.5) is 0 Å². The van der Waals surface area contributed by atoms with Crippen molar-refractivity contribution in [2.45, 2.75) is 0 Å². The summed E-state index contributed by atoms with van der Waals surface area (Å²) in [5, 5.41) is 1.95. The van der Waals surface area contributed by atoms with E-state index in [0.717, 1.165) is 14.2 Å². The van der Waals surface area contributed by atoms with Gasteiger partial charge in [-0.15, -0.1) is 0 Å². The lowest BCUT2D eigenvalue weighted by Crippen LogP contribution is -2.15. The minimum Gasteiger partial charge on any atom is -0.465 e. The Kier molecular flexibility index (Phi) is 4.10. The molecule has 0 spiro atoms. The number of ether oxygens (including phenoxy) is 2. The van der Waals surface area contributed by atoms with Crippen LogP contribution in [0.5, 0.6) is 0 Å². The largest absolute Gasteiger partial charge is 0.465 e. The molecule has 0 aliphatic carbocycles. The number of carbonyl (C=O) groups excluding carboxylic acids is 2. The molecule has 0 fully saturated rings.